The smallest absolute Gasteiger partial charge is 0.322 e. The van der Waals surface area contributed by atoms with Gasteiger partial charge in [-0.25, -0.2) is 5.43 Å². The Morgan fingerprint density at radius 2 is 2.06 bits per heavy atom. The minimum atomic E-state index is -0.982. The molecule has 0 heterocycles. The van der Waals surface area contributed by atoms with Crippen molar-refractivity contribution in [2.75, 3.05) is 6.54 Å². The first kappa shape index (κ1) is 14.9. The second-order valence-corrected chi connectivity index (χ2v) is 3.67. The third kappa shape index (κ3) is 8.19. The first-order valence-electron chi connectivity index (χ1n) is 5.57. The van der Waals surface area contributed by atoms with E-state index in [0.717, 1.165) is 19.3 Å². The van der Waals surface area contributed by atoms with Crippen molar-refractivity contribution in [1.29, 1.82) is 0 Å². The summed E-state index contributed by atoms with van der Waals surface area (Å²) in [6.07, 6.45) is 3.48. The number of hydrogen-bond acceptors (Lipinski definition) is 4. The number of rotatable bonds is 10. The summed E-state index contributed by atoms with van der Waals surface area (Å²) < 4.78 is 0. The zero-order chi connectivity index (χ0) is 12.4. The van der Waals surface area contributed by atoms with Crippen LogP contribution in [0, 0.1) is 0 Å². The van der Waals surface area contributed by atoms with Gasteiger partial charge < -0.3 is 10.8 Å². The van der Waals surface area contributed by atoms with E-state index in [-0.39, 0.29) is 12.8 Å². The summed E-state index contributed by atoms with van der Waals surface area (Å²) in [6.45, 7) is 2.81. The minimum absolute atomic E-state index is 0.0700. The molecule has 1 amide bonds. The topological polar surface area (TPSA) is 104 Å². The van der Waals surface area contributed by atoms with E-state index in [1.54, 1.807) is 0 Å². The molecule has 0 unspecified atom stereocenters. The third-order valence-electron chi connectivity index (χ3n) is 2.16. The molecule has 1 atom stereocenters. The molecule has 0 aliphatic heterocycles. The maximum absolute atomic E-state index is 10.8. The van der Waals surface area contributed by atoms with E-state index < -0.39 is 17.9 Å². The zero-order valence-corrected chi connectivity index (χ0v) is 9.66. The molecule has 0 aliphatic carbocycles. The number of hydrazine groups is 1. The molecule has 0 spiro atoms. The Morgan fingerprint density at radius 3 is 2.56 bits per heavy atom. The van der Waals surface area contributed by atoms with Crippen LogP contribution >= 0.6 is 0 Å². The van der Waals surface area contributed by atoms with Gasteiger partial charge >= 0.3 is 5.97 Å². The van der Waals surface area contributed by atoms with Crippen LogP contribution in [0.1, 0.15) is 39.0 Å². The van der Waals surface area contributed by atoms with Crippen molar-refractivity contribution in [2.45, 2.75) is 45.1 Å². The number of carbonyl (C=O) groups excluding carboxylic acids is 1. The van der Waals surface area contributed by atoms with E-state index in [1.165, 1.54) is 0 Å². The number of carbonyl (C=O) groups is 2. The van der Waals surface area contributed by atoms with Crippen LogP contribution in [0.25, 0.3) is 0 Å². The molecular weight excluding hydrogens is 210 g/mol. The highest BCUT2D eigenvalue weighted by molar-refractivity contribution is 5.77. The van der Waals surface area contributed by atoms with Gasteiger partial charge in [-0.15, -0.1) is 0 Å². The fourth-order valence-corrected chi connectivity index (χ4v) is 1.20. The lowest BCUT2D eigenvalue weighted by Crippen LogP contribution is -2.46. The summed E-state index contributed by atoms with van der Waals surface area (Å²) in [7, 11) is 0. The summed E-state index contributed by atoms with van der Waals surface area (Å²) in [6, 6.07) is -0.769. The molecule has 6 heteroatoms. The van der Waals surface area contributed by atoms with Crippen LogP contribution in [-0.4, -0.2) is 29.6 Å². The van der Waals surface area contributed by atoms with Gasteiger partial charge in [-0.1, -0.05) is 19.8 Å². The summed E-state index contributed by atoms with van der Waals surface area (Å²) in [5.74, 6) is -1.47. The summed E-state index contributed by atoms with van der Waals surface area (Å²) in [5, 5.41) is 8.83. The van der Waals surface area contributed by atoms with E-state index in [0.29, 0.717) is 6.54 Å². The van der Waals surface area contributed by atoms with Gasteiger partial charge in [-0.3, -0.25) is 15.0 Å². The molecule has 0 saturated heterocycles. The van der Waals surface area contributed by atoms with E-state index in [1.807, 2.05) is 0 Å². The van der Waals surface area contributed by atoms with Crippen LogP contribution in [-0.2, 0) is 9.59 Å². The standard InChI is InChI=1S/C10H21N3O3/c1-2-3-4-7-12-13-8(10(15)16)5-6-9(11)14/h8,12-13H,2-7H2,1H3,(H2,11,14)(H,15,16)/t8-/m0/s1. The van der Waals surface area contributed by atoms with E-state index >= 15 is 0 Å². The molecule has 0 aromatic rings. The van der Waals surface area contributed by atoms with E-state index in [9.17, 15) is 9.59 Å². The molecule has 0 aromatic heterocycles. The van der Waals surface area contributed by atoms with Crippen LogP contribution in [0.4, 0.5) is 0 Å². The van der Waals surface area contributed by atoms with E-state index in [4.69, 9.17) is 10.8 Å². The molecule has 94 valence electrons. The Bertz CT molecular complexity index is 221. The average molecular weight is 231 g/mol. The quantitative estimate of drug-likeness (QED) is 0.313. The van der Waals surface area contributed by atoms with Crippen molar-refractivity contribution >= 4 is 11.9 Å². The van der Waals surface area contributed by atoms with Gasteiger partial charge in [-0.2, -0.15) is 0 Å². The Labute approximate surface area is 95.6 Å². The molecule has 0 aromatic carbocycles. The second kappa shape index (κ2) is 9.11. The van der Waals surface area contributed by atoms with Crippen LogP contribution in [0.3, 0.4) is 0 Å². The normalized spacial score (nSPS) is 12.3. The zero-order valence-electron chi connectivity index (χ0n) is 9.66. The third-order valence-corrected chi connectivity index (χ3v) is 2.16. The number of unbranched alkanes of at least 4 members (excludes halogenated alkanes) is 2. The van der Waals surface area contributed by atoms with Gasteiger partial charge in [-0.05, 0) is 12.8 Å². The average Bonchev–Trinajstić information content (AvgIpc) is 2.21. The Kier molecular flexibility index (Phi) is 8.46. The van der Waals surface area contributed by atoms with Crippen molar-refractivity contribution < 1.29 is 14.7 Å². The van der Waals surface area contributed by atoms with Crippen molar-refractivity contribution in [3.05, 3.63) is 0 Å². The first-order valence-corrected chi connectivity index (χ1v) is 5.57. The van der Waals surface area contributed by atoms with Gasteiger partial charge in [0.1, 0.15) is 6.04 Å². The maximum atomic E-state index is 10.8. The Balaban J connectivity index is 3.68. The monoisotopic (exact) mass is 231 g/mol. The van der Waals surface area contributed by atoms with Crippen molar-refractivity contribution in [1.82, 2.24) is 10.9 Å². The van der Waals surface area contributed by atoms with Crippen molar-refractivity contribution in [2.24, 2.45) is 5.73 Å². The van der Waals surface area contributed by atoms with Crippen LogP contribution in [0.5, 0.6) is 0 Å². The Hall–Kier alpha value is -1.14. The maximum Gasteiger partial charge on any atom is 0.322 e. The first-order chi connectivity index (χ1) is 7.57. The number of nitrogens with one attached hydrogen (secondary N) is 2. The van der Waals surface area contributed by atoms with Gasteiger partial charge in [0, 0.05) is 13.0 Å². The predicted molar refractivity (Wildman–Crippen MR) is 60.5 cm³/mol. The van der Waals surface area contributed by atoms with Gasteiger partial charge in [0.15, 0.2) is 0 Å². The summed E-state index contributed by atoms with van der Waals surface area (Å²) in [4.78, 5) is 21.3. The van der Waals surface area contributed by atoms with Gasteiger partial charge in [0.05, 0.1) is 0 Å². The second-order valence-electron chi connectivity index (χ2n) is 3.67. The van der Waals surface area contributed by atoms with Crippen LogP contribution < -0.4 is 16.6 Å². The molecule has 0 rings (SSSR count). The molecule has 16 heavy (non-hydrogen) atoms. The number of carboxylic acids is 1. The number of primary amides is 1. The van der Waals surface area contributed by atoms with Gasteiger partial charge in [0.25, 0.3) is 0 Å². The summed E-state index contributed by atoms with van der Waals surface area (Å²) >= 11 is 0. The molecule has 0 radical (unpaired) electrons. The molecule has 0 bridgehead atoms. The molecule has 0 aliphatic rings. The molecule has 0 fully saturated rings. The molecule has 0 saturated carbocycles. The number of carboxylic acid groups (broad SMARTS) is 1. The van der Waals surface area contributed by atoms with E-state index in [2.05, 4.69) is 17.8 Å². The molecule has 6 nitrogen and oxygen atoms in total. The van der Waals surface area contributed by atoms with Crippen LogP contribution in [0.2, 0.25) is 0 Å². The predicted octanol–water partition coefficient (Wildman–Crippen LogP) is -0.0105. The largest absolute Gasteiger partial charge is 0.480 e. The lowest BCUT2D eigenvalue weighted by Gasteiger charge is -2.14. The number of hydrogen-bond donors (Lipinski definition) is 4. The fraction of sp³-hybridized carbons (Fsp3) is 0.800. The Morgan fingerprint density at radius 1 is 1.38 bits per heavy atom. The number of aliphatic carboxylic acids is 1. The highest BCUT2D eigenvalue weighted by atomic mass is 16.4. The van der Waals surface area contributed by atoms with Crippen molar-refractivity contribution in [3.63, 3.8) is 0 Å². The summed E-state index contributed by atoms with van der Waals surface area (Å²) in [5.41, 5.74) is 10.5. The number of amides is 1. The molecule has 5 N–H and O–H groups in total. The number of nitrogens with two attached hydrogens (primary N) is 1. The lowest BCUT2D eigenvalue weighted by atomic mass is 10.1. The van der Waals surface area contributed by atoms with Crippen molar-refractivity contribution in [3.8, 4) is 0 Å². The van der Waals surface area contributed by atoms with Gasteiger partial charge in [0.2, 0.25) is 5.91 Å². The highest BCUT2D eigenvalue weighted by Gasteiger charge is 2.16. The lowest BCUT2D eigenvalue weighted by molar-refractivity contribution is -0.140. The fourth-order valence-electron chi connectivity index (χ4n) is 1.20. The SMILES string of the molecule is CCCCCNN[C@@H](CCC(N)=O)C(=O)O. The van der Waals surface area contributed by atoms with Crippen LogP contribution in [0.15, 0.2) is 0 Å². The minimum Gasteiger partial charge on any atom is -0.480 e. The molecular formula is C10H21N3O3. The highest BCUT2D eigenvalue weighted by Crippen LogP contribution is 1.96.